The molecule has 0 N–H and O–H groups in total. The van der Waals surface area contributed by atoms with Gasteiger partial charge in [0, 0.05) is 5.41 Å². The Balaban J connectivity index is 1.51. The normalized spacial score (nSPS) is 71.5. The quantitative estimate of drug-likeness (QED) is 0.580. The molecule has 0 heterocycles. The van der Waals surface area contributed by atoms with Gasteiger partial charge in [-0.25, -0.2) is 0 Å². The van der Waals surface area contributed by atoms with E-state index in [-0.39, 0.29) is 0 Å². The van der Waals surface area contributed by atoms with Gasteiger partial charge in [-0.1, -0.05) is 11.6 Å². The van der Waals surface area contributed by atoms with E-state index in [1.165, 1.54) is 11.8 Å². The highest BCUT2D eigenvalue weighted by molar-refractivity contribution is 5.55. The first-order valence-electron chi connectivity index (χ1n) is 7.59. The van der Waals surface area contributed by atoms with Crippen LogP contribution < -0.4 is 0 Å². The Morgan fingerprint density at radius 1 is 1.00 bits per heavy atom. The Bertz CT molecular complexity index is 443. The van der Waals surface area contributed by atoms with Crippen LogP contribution in [0.2, 0.25) is 0 Å². The summed E-state index contributed by atoms with van der Waals surface area (Å²) >= 11 is 0. The second kappa shape index (κ2) is 1.95. The summed E-state index contributed by atoms with van der Waals surface area (Å²) < 4.78 is 0. The lowest BCUT2D eigenvalue weighted by Crippen LogP contribution is -2.33. The maximum Gasteiger partial charge on any atom is 0.0187 e. The van der Waals surface area contributed by atoms with E-state index in [9.17, 15) is 0 Å². The zero-order chi connectivity index (χ0) is 10.1. The standard InChI is InChI=1S/C16H20/c1-3-11-5-9(1)13-7-15(11,13)16-8-14(16)10-2-4-12(16)6-10/h7,9-12,14H,1-6,8H2/t9-,10+,11+,12-,14?,15?,16?/m0/s1. The van der Waals surface area contributed by atoms with Gasteiger partial charge in [-0.2, -0.15) is 0 Å². The van der Waals surface area contributed by atoms with Crippen molar-refractivity contribution in [3.05, 3.63) is 11.6 Å². The van der Waals surface area contributed by atoms with Crippen LogP contribution in [0.5, 0.6) is 0 Å². The predicted molar refractivity (Wildman–Crippen MR) is 62.7 cm³/mol. The molecule has 6 aliphatic carbocycles. The van der Waals surface area contributed by atoms with E-state index < -0.39 is 0 Å². The van der Waals surface area contributed by atoms with Crippen molar-refractivity contribution in [1.29, 1.82) is 0 Å². The van der Waals surface area contributed by atoms with Crippen LogP contribution in [0.3, 0.4) is 0 Å². The minimum absolute atomic E-state index is 0.764. The molecule has 0 aliphatic heterocycles. The van der Waals surface area contributed by atoms with E-state index >= 15 is 0 Å². The van der Waals surface area contributed by atoms with Crippen molar-refractivity contribution in [3.63, 3.8) is 0 Å². The molecular formula is C16H20. The fourth-order valence-corrected chi connectivity index (χ4v) is 7.50. The summed E-state index contributed by atoms with van der Waals surface area (Å²) in [6.45, 7) is 0. The van der Waals surface area contributed by atoms with Crippen LogP contribution in [-0.4, -0.2) is 0 Å². The summed E-state index contributed by atoms with van der Waals surface area (Å²) in [4.78, 5) is 0. The third-order valence-electron chi connectivity index (χ3n) is 7.89. The van der Waals surface area contributed by atoms with E-state index in [1.54, 1.807) is 44.9 Å². The molecule has 84 valence electrons. The van der Waals surface area contributed by atoms with Crippen LogP contribution in [0.15, 0.2) is 11.6 Å². The summed E-state index contributed by atoms with van der Waals surface area (Å²) in [6, 6.07) is 0. The minimum atomic E-state index is 0.764. The zero-order valence-electron chi connectivity index (χ0n) is 9.91. The Morgan fingerprint density at radius 3 is 2.69 bits per heavy atom. The third-order valence-corrected chi connectivity index (χ3v) is 7.89. The average Bonchev–Trinajstić information content (AvgIpc) is 3.05. The summed E-state index contributed by atoms with van der Waals surface area (Å²) in [7, 11) is 0. The third kappa shape index (κ3) is 0.532. The second-order valence-corrected chi connectivity index (χ2v) is 7.80. The highest BCUT2D eigenvalue weighted by Crippen LogP contribution is 2.90. The molecule has 0 aromatic heterocycles. The first kappa shape index (κ1) is 7.95. The van der Waals surface area contributed by atoms with Crippen LogP contribution in [0.25, 0.3) is 0 Å². The van der Waals surface area contributed by atoms with Gasteiger partial charge in [0.05, 0.1) is 0 Å². The number of fused-ring (bicyclic) bond motifs is 11. The molecule has 6 aliphatic rings. The van der Waals surface area contributed by atoms with Gasteiger partial charge in [0.25, 0.3) is 0 Å². The molecule has 6 rings (SSSR count). The molecule has 0 aromatic carbocycles. The summed E-state index contributed by atoms with van der Waals surface area (Å²) in [5, 5.41) is 0. The Hall–Kier alpha value is -0.260. The van der Waals surface area contributed by atoms with E-state index in [0.717, 1.165) is 28.6 Å². The lowest BCUT2D eigenvalue weighted by atomic mass is 9.65. The minimum Gasteiger partial charge on any atom is -0.0730 e. The van der Waals surface area contributed by atoms with Crippen LogP contribution in [0.4, 0.5) is 0 Å². The lowest BCUT2D eigenvalue weighted by molar-refractivity contribution is 0.135. The molecule has 0 nitrogen and oxygen atoms in total. The lowest BCUT2D eigenvalue weighted by Gasteiger charge is -2.38. The van der Waals surface area contributed by atoms with Crippen molar-refractivity contribution >= 4 is 0 Å². The molecule has 4 bridgehead atoms. The van der Waals surface area contributed by atoms with E-state index in [0.29, 0.717) is 0 Å². The first-order valence-corrected chi connectivity index (χ1v) is 7.59. The SMILES string of the molecule is C1=C2[C@H]3CC[C@H](C3)C12C12CC1[C@@H]1CC[C@H]2C1. The molecule has 0 aromatic rings. The largest absolute Gasteiger partial charge is 0.0730 e. The zero-order valence-corrected chi connectivity index (χ0v) is 9.91. The van der Waals surface area contributed by atoms with E-state index in [2.05, 4.69) is 6.08 Å². The molecule has 3 unspecified atom stereocenters. The first-order chi connectivity index (χ1) is 7.86. The molecule has 16 heavy (non-hydrogen) atoms. The fraction of sp³-hybridized carbons (Fsp3) is 0.875. The van der Waals surface area contributed by atoms with Crippen molar-refractivity contribution in [2.24, 2.45) is 40.4 Å². The van der Waals surface area contributed by atoms with Gasteiger partial charge in [0.1, 0.15) is 0 Å². The highest BCUT2D eigenvalue weighted by atomic mass is 14.9. The van der Waals surface area contributed by atoms with Crippen molar-refractivity contribution in [2.45, 2.75) is 44.9 Å². The molecular weight excluding hydrogens is 192 g/mol. The Kier molecular flexibility index (Phi) is 0.971. The van der Waals surface area contributed by atoms with E-state index in [1.807, 2.05) is 5.57 Å². The molecule has 5 saturated carbocycles. The molecule has 5 fully saturated rings. The molecule has 0 spiro atoms. The van der Waals surface area contributed by atoms with Gasteiger partial charge < -0.3 is 0 Å². The molecule has 0 radical (unpaired) electrons. The van der Waals surface area contributed by atoms with E-state index in [4.69, 9.17) is 0 Å². The molecule has 0 saturated heterocycles. The Morgan fingerprint density at radius 2 is 1.94 bits per heavy atom. The molecule has 0 heteroatoms. The van der Waals surface area contributed by atoms with Gasteiger partial charge in [-0.05, 0) is 80.0 Å². The maximum atomic E-state index is 2.79. The summed E-state index contributed by atoms with van der Waals surface area (Å²) in [5.74, 6) is 5.72. The van der Waals surface area contributed by atoms with Gasteiger partial charge >= 0.3 is 0 Å². The highest BCUT2D eigenvalue weighted by Gasteiger charge is 2.83. The molecule has 7 atom stereocenters. The number of hydrogen-bond donors (Lipinski definition) is 0. The number of allylic oxidation sites excluding steroid dienone is 2. The summed E-state index contributed by atoms with van der Waals surface area (Å²) in [5.41, 5.74) is 3.63. The van der Waals surface area contributed by atoms with Crippen molar-refractivity contribution in [3.8, 4) is 0 Å². The number of rotatable bonds is 1. The number of hydrogen-bond acceptors (Lipinski definition) is 0. The van der Waals surface area contributed by atoms with Gasteiger partial charge in [0.15, 0.2) is 0 Å². The van der Waals surface area contributed by atoms with Gasteiger partial charge in [-0.3, -0.25) is 0 Å². The van der Waals surface area contributed by atoms with Crippen molar-refractivity contribution in [1.82, 2.24) is 0 Å². The van der Waals surface area contributed by atoms with Crippen LogP contribution >= 0.6 is 0 Å². The van der Waals surface area contributed by atoms with Gasteiger partial charge in [-0.15, -0.1) is 0 Å². The topological polar surface area (TPSA) is 0 Å². The van der Waals surface area contributed by atoms with Crippen LogP contribution in [-0.2, 0) is 0 Å². The van der Waals surface area contributed by atoms with Gasteiger partial charge in [0.2, 0.25) is 0 Å². The average molecular weight is 212 g/mol. The maximum absolute atomic E-state index is 2.79. The smallest absolute Gasteiger partial charge is 0.0187 e. The van der Waals surface area contributed by atoms with Crippen molar-refractivity contribution in [2.75, 3.05) is 0 Å². The molecule has 0 amide bonds. The second-order valence-electron chi connectivity index (χ2n) is 7.80. The predicted octanol–water partition coefficient (Wildman–Crippen LogP) is 3.78. The van der Waals surface area contributed by atoms with Crippen LogP contribution in [0, 0.1) is 40.4 Å². The monoisotopic (exact) mass is 212 g/mol. The Labute approximate surface area is 97.5 Å². The summed E-state index contributed by atoms with van der Waals surface area (Å²) in [6.07, 6.45) is 14.0. The van der Waals surface area contributed by atoms with Crippen LogP contribution in [0.1, 0.15) is 44.9 Å². The fourth-order valence-electron chi connectivity index (χ4n) is 7.50. The van der Waals surface area contributed by atoms with Crippen molar-refractivity contribution < 1.29 is 0 Å².